The summed E-state index contributed by atoms with van der Waals surface area (Å²) in [6.45, 7) is 4.38. The molecule has 0 saturated heterocycles. The Morgan fingerprint density at radius 3 is 2.15 bits per heavy atom. The van der Waals surface area contributed by atoms with Crippen molar-refractivity contribution in [2.75, 3.05) is 5.88 Å². The van der Waals surface area contributed by atoms with Crippen LogP contribution >= 0.6 is 11.6 Å². The van der Waals surface area contributed by atoms with Gasteiger partial charge in [-0.1, -0.05) is 44.2 Å². The number of halogens is 1. The third-order valence-electron chi connectivity index (χ3n) is 1.89. The zero-order valence-electron chi connectivity index (χ0n) is 8.39. The average molecular weight is 200 g/mol. The third kappa shape index (κ3) is 4.30. The van der Waals surface area contributed by atoms with E-state index in [0.29, 0.717) is 5.88 Å². The van der Waals surface area contributed by atoms with E-state index in [0.717, 1.165) is 6.42 Å². The molecule has 0 saturated carbocycles. The molecule has 0 unspecified atom stereocenters. The number of alkyl halides is 1. The van der Waals surface area contributed by atoms with Crippen molar-refractivity contribution in [2.45, 2.75) is 20.3 Å². The second-order valence-corrected chi connectivity index (χ2v) is 4.23. The number of hydrogen-bond acceptors (Lipinski definition) is 1. The molecule has 0 aromatic heterocycles. The molecule has 0 heterocycles. The van der Waals surface area contributed by atoms with E-state index < -0.39 is 0 Å². The summed E-state index contributed by atoms with van der Waals surface area (Å²) < 4.78 is 0. The van der Waals surface area contributed by atoms with E-state index in [1.807, 2.05) is 6.07 Å². The van der Waals surface area contributed by atoms with Gasteiger partial charge in [0.2, 0.25) is 0 Å². The van der Waals surface area contributed by atoms with Crippen LogP contribution in [0.25, 0.3) is 0 Å². The molecule has 1 aromatic rings. The van der Waals surface area contributed by atoms with Crippen molar-refractivity contribution in [1.82, 2.24) is 6.15 Å². The van der Waals surface area contributed by atoms with Gasteiger partial charge in [-0.25, -0.2) is 0 Å². The van der Waals surface area contributed by atoms with E-state index in [4.69, 9.17) is 11.6 Å². The third-order valence-corrected chi connectivity index (χ3v) is 2.61. The topological polar surface area (TPSA) is 35.0 Å². The standard InChI is InChI=1S/C11H15Cl.H3N/c1-11(2,9-12)8-10-6-4-3-5-7-10;/h3-7H,8-9H2,1-2H3;1H3. The highest BCUT2D eigenvalue weighted by Crippen LogP contribution is 2.22. The first-order chi connectivity index (χ1) is 5.64. The monoisotopic (exact) mass is 199 g/mol. The van der Waals surface area contributed by atoms with Crippen LogP contribution in [0.2, 0.25) is 0 Å². The minimum Gasteiger partial charge on any atom is -0.344 e. The van der Waals surface area contributed by atoms with Crippen LogP contribution in [-0.2, 0) is 6.42 Å². The Bertz CT molecular complexity index is 231. The second kappa shape index (κ2) is 5.25. The minimum atomic E-state index is 0. The lowest BCUT2D eigenvalue weighted by molar-refractivity contribution is 0.418. The number of hydrogen-bond donors (Lipinski definition) is 1. The molecule has 1 rings (SSSR count). The Hall–Kier alpha value is -0.530. The van der Waals surface area contributed by atoms with Gasteiger partial charge in [-0.15, -0.1) is 11.6 Å². The van der Waals surface area contributed by atoms with Crippen LogP contribution < -0.4 is 6.15 Å². The van der Waals surface area contributed by atoms with Crippen LogP contribution in [0.4, 0.5) is 0 Å². The zero-order valence-corrected chi connectivity index (χ0v) is 9.14. The summed E-state index contributed by atoms with van der Waals surface area (Å²) in [5.74, 6) is 0.710. The number of benzene rings is 1. The summed E-state index contributed by atoms with van der Waals surface area (Å²) in [5.41, 5.74) is 1.58. The molecule has 0 radical (unpaired) electrons. The fourth-order valence-corrected chi connectivity index (χ4v) is 1.29. The lowest BCUT2D eigenvalue weighted by Gasteiger charge is -2.20. The Labute approximate surface area is 85.7 Å². The van der Waals surface area contributed by atoms with E-state index in [9.17, 15) is 0 Å². The largest absolute Gasteiger partial charge is 0.344 e. The molecule has 0 bridgehead atoms. The molecule has 0 spiro atoms. The van der Waals surface area contributed by atoms with Gasteiger partial charge in [-0.2, -0.15) is 0 Å². The van der Waals surface area contributed by atoms with Gasteiger partial charge < -0.3 is 6.15 Å². The highest BCUT2D eigenvalue weighted by molar-refractivity contribution is 6.18. The van der Waals surface area contributed by atoms with Crippen LogP contribution in [0.3, 0.4) is 0 Å². The smallest absolute Gasteiger partial charge is 0.0277 e. The predicted octanol–water partition coefficient (Wildman–Crippen LogP) is 3.66. The highest BCUT2D eigenvalue weighted by Gasteiger charge is 2.16. The Balaban J connectivity index is 0.00000144. The SMILES string of the molecule is CC(C)(CCl)Cc1ccccc1.N. The molecule has 0 aliphatic rings. The molecule has 0 aliphatic heterocycles. The Morgan fingerprint density at radius 2 is 1.69 bits per heavy atom. The Morgan fingerprint density at radius 1 is 1.15 bits per heavy atom. The van der Waals surface area contributed by atoms with Crippen molar-refractivity contribution in [1.29, 1.82) is 0 Å². The fraction of sp³-hybridized carbons (Fsp3) is 0.455. The maximum atomic E-state index is 5.84. The molecule has 2 heteroatoms. The van der Waals surface area contributed by atoms with Gasteiger partial charge in [-0.3, -0.25) is 0 Å². The van der Waals surface area contributed by atoms with E-state index in [1.54, 1.807) is 0 Å². The molecular formula is C11H18ClN. The molecule has 1 aromatic carbocycles. The second-order valence-electron chi connectivity index (χ2n) is 3.96. The number of rotatable bonds is 3. The van der Waals surface area contributed by atoms with Gasteiger partial charge in [-0.05, 0) is 17.4 Å². The quantitative estimate of drug-likeness (QED) is 0.741. The van der Waals surface area contributed by atoms with E-state index in [1.165, 1.54) is 5.56 Å². The summed E-state index contributed by atoms with van der Waals surface area (Å²) in [7, 11) is 0. The fourth-order valence-electron chi connectivity index (χ4n) is 1.20. The lowest BCUT2D eigenvalue weighted by Crippen LogP contribution is -2.16. The van der Waals surface area contributed by atoms with Crippen LogP contribution in [0.5, 0.6) is 0 Å². The average Bonchev–Trinajstić information content (AvgIpc) is 2.06. The maximum Gasteiger partial charge on any atom is 0.0277 e. The Kier molecular flexibility index (Phi) is 5.04. The first-order valence-corrected chi connectivity index (χ1v) is 4.77. The van der Waals surface area contributed by atoms with Gasteiger partial charge in [0.15, 0.2) is 0 Å². The van der Waals surface area contributed by atoms with Gasteiger partial charge in [0.1, 0.15) is 0 Å². The van der Waals surface area contributed by atoms with Crippen molar-refractivity contribution < 1.29 is 0 Å². The molecule has 0 amide bonds. The van der Waals surface area contributed by atoms with Gasteiger partial charge in [0.25, 0.3) is 0 Å². The van der Waals surface area contributed by atoms with Crippen LogP contribution in [0.1, 0.15) is 19.4 Å². The summed E-state index contributed by atoms with van der Waals surface area (Å²) in [6.07, 6.45) is 1.05. The normalized spacial score (nSPS) is 10.7. The van der Waals surface area contributed by atoms with Crippen LogP contribution in [0.15, 0.2) is 30.3 Å². The molecule has 0 atom stereocenters. The minimum absolute atomic E-state index is 0. The zero-order chi connectivity index (χ0) is 9.03. The lowest BCUT2D eigenvalue weighted by atomic mass is 9.88. The molecular weight excluding hydrogens is 182 g/mol. The summed E-state index contributed by atoms with van der Waals surface area (Å²) in [4.78, 5) is 0. The molecule has 0 aliphatic carbocycles. The highest BCUT2D eigenvalue weighted by atomic mass is 35.5. The van der Waals surface area contributed by atoms with Gasteiger partial charge >= 0.3 is 0 Å². The van der Waals surface area contributed by atoms with Crippen LogP contribution in [0, 0.1) is 5.41 Å². The molecule has 0 fully saturated rings. The van der Waals surface area contributed by atoms with Crippen molar-refractivity contribution in [3.8, 4) is 0 Å². The van der Waals surface area contributed by atoms with Gasteiger partial charge in [0, 0.05) is 5.88 Å². The summed E-state index contributed by atoms with van der Waals surface area (Å²) in [6, 6.07) is 10.5. The maximum absolute atomic E-state index is 5.84. The molecule has 1 nitrogen and oxygen atoms in total. The first kappa shape index (κ1) is 12.5. The van der Waals surface area contributed by atoms with Crippen LogP contribution in [-0.4, -0.2) is 5.88 Å². The van der Waals surface area contributed by atoms with Crippen molar-refractivity contribution in [2.24, 2.45) is 5.41 Å². The van der Waals surface area contributed by atoms with Gasteiger partial charge in [0.05, 0.1) is 0 Å². The molecule has 74 valence electrons. The molecule has 3 N–H and O–H groups in total. The van der Waals surface area contributed by atoms with Crippen molar-refractivity contribution in [3.05, 3.63) is 35.9 Å². The van der Waals surface area contributed by atoms with E-state index in [2.05, 4.69) is 38.1 Å². The summed E-state index contributed by atoms with van der Waals surface area (Å²) in [5, 5.41) is 0. The molecule has 13 heavy (non-hydrogen) atoms. The van der Waals surface area contributed by atoms with E-state index in [-0.39, 0.29) is 11.6 Å². The van der Waals surface area contributed by atoms with Crippen molar-refractivity contribution >= 4 is 11.6 Å². The first-order valence-electron chi connectivity index (χ1n) is 4.24. The predicted molar refractivity (Wildman–Crippen MR) is 59.7 cm³/mol. The van der Waals surface area contributed by atoms with Crippen molar-refractivity contribution in [3.63, 3.8) is 0 Å². The van der Waals surface area contributed by atoms with E-state index >= 15 is 0 Å². The summed E-state index contributed by atoms with van der Waals surface area (Å²) >= 11 is 5.84.